The predicted molar refractivity (Wildman–Crippen MR) is 115 cm³/mol. The molecule has 0 bridgehead atoms. The van der Waals surface area contributed by atoms with Gasteiger partial charge in [0, 0.05) is 23.1 Å². The largest absolute Gasteiger partial charge is 0.573 e. The van der Waals surface area contributed by atoms with Crippen LogP contribution in [0, 0.1) is 0 Å². The lowest BCUT2D eigenvalue weighted by Gasteiger charge is -2.14. The second-order valence-electron chi connectivity index (χ2n) is 7.17. The maximum atomic E-state index is 12.9. The third kappa shape index (κ3) is 3.59. The number of nitrogens with zero attached hydrogens (tertiary/aromatic N) is 1. The maximum Gasteiger partial charge on any atom is 0.573 e. The molecule has 0 atom stereocenters. The van der Waals surface area contributed by atoms with Gasteiger partial charge in [0.25, 0.3) is 0 Å². The topological polar surface area (TPSA) is 13.3 Å². The highest BCUT2D eigenvalue weighted by Gasteiger charge is 2.32. The molecule has 5 rings (SSSR count). The van der Waals surface area contributed by atoms with Crippen LogP contribution >= 0.6 is 0 Å². The van der Waals surface area contributed by atoms with E-state index in [1.54, 1.807) is 6.07 Å². The Kier molecular flexibility index (Phi) is 4.59. The number of ether oxygens (including phenoxy) is 1. The summed E-state index contributed by atoms with van der Waals surface area (Å²) >= 11 is 0. The van der Waals surface area contributed by atoms with E-state index in [4.69, 9.17) is 0 Å². The molecule has 0 saturated carbocycles. The Morgan fingerprint density at radius 2 is 1.29 bits per heavy atom. The van der Waals surface area contributed by atoms with Gasteiger partial charge < -0.3 is 4.74 Å². The Hall–Kier alpha value is -3.86. The first-order chi connectivity index (χ1) is 15.0. The molecule has 2 aromatic heterocycles. The first-order valence-corrected chi connectivity index (χ1v) is 9.78. The zero-order chi connectivity index (χ0) is 21.4. The second-order valence-corrected chi connectivity index (χ2v) is 7.17. The van der Waals surface area contributed by atoms with Crippen LogP contribution in [0.3, 0.4) is 0 Å². The highest BCUT2D eigenvalue weighted by atomic mass is 19.4. The quantitative estimate of drug-likeness (QED) is 0.233. The lowest BCUT2D eigenvalue weighted by molar-refractivity contribution is -0.497. The lowest BCUT2D eigenvalue weighted by atomic mass is 9.92. The van der Waals surface area contributed by atoms with Crippen molar-refractivity contribution in [2.24, 2.45) is 0 Å². The van der Waals surface area contributed by atoms with Crippen LogP contribution in [0.4, 0.5) is 13.2 Å². The summed E-state index contributed by atoms with van der Waals surface area (Å²) in [6, 6.07) is 29.9. The van der Waals surface area contributed by atoms with Gasteiger partial charge in [0.1, 0.15) is 5.75 Å². The molecule has 2 heterocycles. The van der Waals surface area contributed by atoms with Crippen molar-refractivity contribution in [1.29, 1.82) is 0 Å². The van der Waals surface area contributed by atoms with Gasteiger partial charge in [-0.2, -0.15) is 4.40 Å². The van der Waals surface area contributed by atoms with Crippen molar-refractivity contribution in [3.05, 3.63) is 103 Å². The van der Waals surface area contributed by atoms with Crippen molar-refractivity contribution in [3.8, 4) is 28.1 Å². The molecular weight excluding hydrogens is 399 g/mol. The van der Waals surface area contributed by atoms with E-state index in [0.29, 0.717) is 5.39 Å². The predicted octanol–water partition coefficient (Wildman–Crippen LogP) is 6.81. The summed E-state index contributed by atoms with van der Waals surface area (Å²) in [5.41, 5.74) is 4.52. The Bertz CT molecular complexity index is 1380. The minimum absolute atomic E-state index is 0.239. The summed E-state index contributed by atoms with van der Waals surface area (Å²) in [6.45, 7) is 0. The molecule has 0 fully saturated rings. The number of halogens is 3. The fourth-order valence-electron chi connectivity index (χ4n) is 4.03. The van der Waals surface area contributed by atoms with E-state index in [-0.39, 0.29) is 5.75 Å². The van der Waals surface area contributed by atoms with Crippen LogP contribution in [0.5, 0.6) is 5.75 Å². The van der Waals surface area contributed by atoms with Crippen LogP contribution < -0.4 is 9.14 Å². The van der Waals surface area contributed by atoms with Crippen molar-refractivity contribution < 1.29 is 22.3 Å². The fraction of sp³-hybridized carbons (Fsp3) is 0.0385. The van der Waals surface area contributed by atoms with Crippen LogP contribution in [0.25, 0.3) is 38.7 Å². The number of rotatable bonds is 3. The van der Waals surface area contributed by atoms with Crippen LogP contribution in [0.2, 0.25) is 0 Å². The third-order valence-corrected chi connectivity index (χ3v) is 5.22. The Morgan fingerprint density at radius 3 is 1.97 bits per heavy atom. The summed E-state index contributed by atoms with van der Waals surface area (Å²) in [5, 5.41) is 1.53. The van der Waals surface area contributed by atoms with E-state index in [0.717, 1.165) is 33.3 Å². The fourth-order valence-corrected chi connectivity index (χ4v) is 4.03. The molecule has 0 aliphatic carbocycles. The van der Waals surface area contributed by atoms with Gasteiger partial charge in [-0.3, -0.25) is 0 Å². The molecule has 31 heavy (non-hydrogen) atoms. The molecular formula is C26H17F3NO+. The molecule has 0 amide bonds. The number of hydrogen-bond donors (Lipinski definition) is 0. The molecule has 5 aromatic rings. The summed E-state index contributed by atoms with van der Waals surface area (Å²) in [7, 11) is 0. The molecule has 0 spiro atoms. The monoisotopic (exact) mass is 416 g/mol. The van der Waals surface area contributed by atoms with Crippen molar-refractivity contribution in [2.45, 2.75) is 6.36 Å². The standard InChI is InChI=1S/C26H17F3NO/c27-26(28,29)31-20-14-15-21-22(17-20)24(18-9-3-1-4-10-18)25(19-11-5-2-6-12-19)30-16-8-7-13-23(21)30/h1-17H/q+1. The zero-order valence-electron chi connectivity index (χ0n) is 16.3. The molecule has 0 N–H and O–H groups in total. The number of aromatic nitrogens is 1. The van der Waals surface area contributed by atoms with Crippen molar-refractivity contribution >= 4 is 16.3 Å². The second kappa shape index (κ2) is 7.43. The number of benzene rings is 3. The SMILES string of the molecule is FC(F)(F)Oc1ccc2c(c1)c(-c1ccccc1)c(-c1ccccc1)[n+]1ccccc21. The molecule has 3 aromatic carbocycles. The average molecular weight is 416 g/mol. The minimum atomic E-state index is -4.76. The number of fused-ring (bicyclic) bond motifs is 3. The van der Waals surface area contributed by atoms with Gasteiger partial charge in [0.05, 0.1) is 10.9 Å². The van der Waals surface area contributed by atoms with Gasteiger partial charge in [0.15, 0.2) is 6.20 Å². The first kappa shape index (κ1) is 19.1. The van der Waals surface area contributed by atoms with Gasteiger partial charge in [-0.05, 0) is 42.0 Å². The summed E-state index contributed by atoms with van der Waals surface area (Å²) in [4.78, 5) is 0. The van der Waals surface area contributed by atoms with Crippen LogP contribution in [0.1, 0.15) is 0 Å². The van der Waals surface area contributed by atoms with Crippen molar-refractivity contribution in [1.82, 2.24) is 0 Å². The summed E-state index contributed by atoms with van der Waals surface area (Å²) in [5.74, 6) is -0.239. The van der Waals surface area contributed by atoms with Crippen molar-refractivity contribution in [2.75, 3.05) is 0 Å². The molecule has 152 valence electrons. The van der Waals surface area contributed by atoms with Gasteiger partial charge in [0.2, 0.25) is 11.2 Å². The normalized spacial score (nSPS) is 11.7. The lowest BCUT2D eigenvalue weighted by Crippen LogP contribution is -2.26. The number of pyridine rings is 2. The maximum absolute atomic E-state index is 12.9. The average Bonchev–Trinajstić information content (AvgIpc) is 2.78. The summed E-state index contributed by atoms with van der Waals surface area (Å²) < 4.78 is 45.1. The van der Waals surface area contributed by atoms with Crippen molar-refractivity contribution in [3.63, 3.8) is 0 Å². The molecule has 0 saturated heterocycles. The Balaban J connectivity index is 1.96. The Morgan fingerprint density at radius 1 is 0.645 bits per heavy atom. The van der Waals surface area contributed by atoms with Crippen LogP contribution in [-0.2, 0) is 0 Å². The molecule has 5 heteroatoms. The highest BCUT2D eigenvalue weighted by Crippen LogP contribution is 2.39. The van der Waals surface area contributed by atoms with Gasteiger partial charge >= 0.3 is 6.36 Å². The molecule has 0 radical (unpaired) electrons. The summed E-state index contributed by atoms with van der Waals surface area (Å²) in [6.07, 6.45) is -2.78. The van der Waals surface area contributed by atoms with E-state index in [2.05, 4.69) is 9.14 Å². The highest BCUT2D eigenvalue weighted by molar-refractivity contribution is 6.07. The smallest absolute Gasteiger partial charge is 0.406 e. The molecule has 0 aliphatic rings. The van der Waals surface area contributed by atoms with E-state index < -0.39 is 6.36 Å². The number of hydrogen-bond acceptors (Lipinski definition) is 1. The van der Waals surface area contributed by atoms with Gasteiger partial charge in [-0.15, -0.1) is 13.2 Å². The zero-order valence-corrected chi connectivity index (χ0v) is 16.3. The van der Waals surface area contributed by atoms with Crippen LogP contribution in [-0.4, -0.2) is 6.36 Å². The van der Waals surface area contributed by atoms with E-state index >= 15 is 0 Å². The third-order valence-electron chi connectivity index (χ3n) is 5.22. The van der Waals surface area contributed by atoms with Gasteiger partial charge in [-0.25, -0.2) is 0 Å². The number of alkyl halides is 3. The molecule has 0 aliphatic heterocycles. The first-order valence-electron chi connectivity index (χ1n) is 9.78. The van der Waals surface area contributed by atoms with Gasteiger partial charge in [-0.1, -0.05) is 48.5 Å². The molecule has 2 nitrogen and oxygen atoms in total. The van der Waals surface area contributed by atoms with E-state index in [1.165, 1.54) is 12.1 Å². The minimum Gasteiger partial charge on any atom is -0.406 e. The van der Waals surface area contributed by atoms with Crippen LogP contribution in [0.15, 0.2) is 103 Å². The van der Waals surface area contributed by atoms with E-state index in [1.807, 2.05) is 85.1 Å². The molecule has 0 unspecified atom stereocenters. The Labute approximate surface area is 176 Å². The van der Waals surface area contributed by atoms with E-state index in [9.17, 15) is 13.2 Å².